The molecule has 0 aliphatic carbocycles. The summed E-state index contributed by atoms with van der Waals surface area (Å²) in [5, 5.41) is 2.89. The number of hydrogen-bond donors (Lipinski definition) is 2. The minimum absolute atomic E-state index is 0.0993. The van der Waals surface area contributed by atoms with Gasteiger partial charge in [0.05, 0.1) is 6.04 Å². The topological polar surface area (TPSA) is 58.4 Å². The van der Waals surface area contributed by atoms with E-state index in [9.17, 15) is 4.79 Å². The van der Waals surface area contributed by atoms with E-state index in [1.807, 2.05) is 6.07 Å². The highest BCUT2D eigenvalue weighted by atomic mass is 16.2. The van der Waals surface area contributed by atoms with E-state index in [1.54, 1.807) is 6.92 Å². The fourth-order valence-electron chi connectivity index (χ4n) is 2.59. The lowest BCUT2D eigenvalue weighted by molar-refractivity contribution is -0.122. The molecule has 0 aromatic heterocycles. The Kier molecular flexibility index (Phi) is 5.56. The van der Waals surface area contributed by atoms with Gasteiger partial charge in [0, 0.05) is 13.1 Å². The van der Waals surface area contributed by atoms with Gasteiger partial charge >= 0.3 is 0 Å². The summed E-state index contributed by atoms with van der Waals surface area (Å²) in [6.07, 6.45) is 3.94. The maximum absolute atomic E-state index is 11.6. The number of nitrogens with zero attached hydrogens (tertiary/aromatic N) is 1. The lowest BCUT2D eigenvalue weighted by atomic mass is 10.0. The number of hydrogen-bond acceptors (Lipinski definition) is 3. The first-order valence-electron chi connectivity index (χ1n) is 7.49. The monoisotopic (exact) mass is 275 g/mol. The van der Waals surface area contributed by atoms with E-state index in [2.05, 4.69) is 28.4 Å². The van der Waals surface area contributed by atoms with Crippen LogP contribution in [0.1, 0.15) is 37.3 Å². The minimum atomic E-state index is -0.454. The summed E-state index contributed by atoms with van der Waals surface area (Å²) in [6.45, 7) is 5.60. The van der Waals surface area contributed by atoms with Gasteiger partial charge in [0.15, 0.2) is 0 Å². The van der Waals surface area contributed by atoms with Crippen LogP contribution < -0.4 is 11.1 Å². The fraction of sp³-hybridized carbons (Fsp3) is 0.562. The van der Waals surface area contributed by atoms with E-state index in [4.69, 9.17) is 5.73 Å². The molecule has 1 aromatic carbocycles. The molecular weight excluding hydrogens is 250 g/mol. The van der Waals surface area contributed by atoms with Crippen LogP contribution in [-0.2, 0) is 17.9 Å². The average molecular weight is 275 g/mol. The summed E-state index contributed by atoms with van der Waals surface area (Å²) in [7, 11) is 0. The van der Waals surface area contributed by atoms with Crippen molar-refractivity contribution in [3.8, 4) is 0 Å². The van der Waals surface area contributed by atoms with Crippen LogP contribution >= 0.6 is 0 Å². The Labute approximate surface area is 121 Å². The number of nitrogens with one attached hydrogen (secondary N) is 1. The summed E-state index contributed by atoms with van der Waals surface area (Å²) in [5.41, 5.74) is 8.06. The predicted octanol–water partition coefficient (Wildman–Crippen LogP) is 1.64. The third-order valence-corrected chi connectivity index (χ3v) is 3.83. The molecule has 0 spiro atoms. The summed E-state index contributed by atoms with van der Waals surface area (Å²) in [6, 6.07) is 7.87. The molecule has 1 amide bonds. The normalized spacial score (nSPS) is 17.7. The number of carbonyl (C=O) groups excluding carboxylic acids is 1. The quantitative estimate of drug-likeness (QED) is 0.859. The number of rotatable bonds is 5. The van der Waals surface area contributed by atoms with Crippen LogP contribution in [0, 0.1) is 0 Å². The molecule has 4 heteroatoms. The van der Waals surface area contributed by atoms with Crippen molar-refractivity contribution in [2.24, 2.45) is 5.73 Å². The molecule has 20 heavy (non-hydrogen) atoms. The van der Waals surface area contributed by atoms with E-state index in [1.165, 1.54) is 43.5 Å². The van der Waals surface area contributed by atoms with Gasteiger partial charge in [-0.2, -0.15) is 0 Å². The van der Waals surface area contributed by atoms with E-state index in [0.29, 0.717) is 6.54 Å². The Morgan fingerprint density at radius 3 is 2.55 bits per heavy atom. The molecule has 2 rings (SSSR count). The van der Waals surface area contributed by atoms with Crippen LogP contribution in [0.25, 0.3) is 0 Å². The molecule has 0 bridgehead atoms. The van der Waals surface area contributed by atoms with Crippen molar-refractivity contribution in [2.45, 2.75) is 45.3 Å². The highest BCUT2D eigenvalue weighted by Gasteiger charge is 2.13. The number of amides is 1. The Hall–Kier alpha value is -1.39. The second kappa shape index (κ2) is 7.41. The molecule has 3 N–H and O–H groups in total. The smallest absolute Gasteiger partial charge is 0.236 e. The first-order valence-corrected chi connectivity index (χ1v) is 7.49. The maximum Gasteiger partial charge on any atom is 0.236 e. The third kappa shape index (κ3) is 4.32. The van der Waals surface area contributed by atoms with Gasteiger partial charge in [-0.15, -0.1) is 0 Å². The standard InChI is InChI=1S/C16H25N3O/c1-13(17)16(20)18-11-14-7-3-4-8-15(14)12-19-9-5-2-6-10-19/h3-4,7-8,13H,2,5-6,9-12,17H2,1H3,(H,18,20)/t13-/m1/s1. The second-order valence-corrected chi connectivity index (χ2v) is 5.61. The lowest BCUT2D eigenvalue weighted by Gasteiger charge is -2.27. The van der Waals surface area contributed by atoms with Crippen molar-refractivity contribution in [1.29, 1.82) is 0 Å². The van der Waals surface area contributed by atoms with Crippen LogP contribution in [0.15, 0.2) is 24.3 Å². The van der Waals surface area contributed by atoms with Crippen LogP contribution in [-0.4, -0.2) is 29.9 Å². The SMILES string of the molecule is C[C@@H](N)C(=O)NCc1ccccc1CN1CCCCC1. The van der Waals surface area contributed by atoms with Crippen LogP contribution in [0.4, 0.5) is 0 Å². The predicted molar refractivity (Wildman–Crippen MR) is 81.1 cm³/mol. The van der Waals surface area contributed by atoms with Gasteiger partial charge < -0.3 is 11.1 Å². The molecule has 110 valence electrons. The molecule has 0 radical (unpaired) electrons. The number of nitrogens with two attached hydrogens (primary N) is 1. The third-order valence-electron chi connectivity index (χ3n) is 3.83. The number of carbonyl (C=O) groups is 1. The zero-order valence-corrected chi connectivity index (χ0v) is 12.3. The summed E-state index contributed by atoms with van der Waals surface area (Å²) in [5.74, 6) is -0.0993. The number of benzene rings is 1. The van der Waals surface area contributed by atoms with E-state index < -0.39 is 6.04 Å². The van der Waals surface area contributed by atoms with Crippen molar-refractivity contribution in [2.75, 3.05) is 13.1 Å². The van der Waals surface area contributed by atoms with E-state index in [-0.39, 0.29) is 5.91 Å². The molecule has 1 aliphatic rings. The first kappa shape index (κ1) is 15.0. The van der Waals surface area contributed by atoms with Gasteiger partial charge in [-0.1, -0.05) is 30.7 Å². The van der Waals surface area contributed by atoms with Gasteiger partial charge in [-0.3, -0.25) is 9.69 Å². The Balaban J connectivity index is 1.96. The molecular formula is C16H25N3O. The largest absolute Gasteiger partial charge is 0.351 e. The Morgan fingerprint density at radius 2 is 1.90 bits per heavy atom. The molecule has 1 fully saturated rings. The number of likely N-dealkylation sites (tertiary alicyclic amines) is 1. The van der Waals surface area contributed by atoms with E-state index >= 15 is 0 Å². The first-order chi connectivity index (χ1) is 9.66. The van der Waals surface area contributed by atoms with E-state index in [0.717, 1.165) is 6.54 Å². The van der Waals surface area contributed by atoms with Crippen molar-refractivity contribution < 1.29 is 4.79 Å². The number of piperidine rings is 1. The maximum atomic E-state index is 11.6. The Morgan fingerprint density at radius 1 is 1.25 bits per heavy atom. The van der Waals surface area contributed by atoms with Crippen LogP contribution in [0.3, 0.4) is 0 Å². The van der Waals surface area contributed by atoms with Crippen molar-refractivity contribution in [3.63, 3.8) is 0 Å². The molecule has 4 nitrogen and oxygen atoms in total. The van der Waals surface area contributed by atoms with Crippen molar-refractivity contribution in [3.05, 3.63) is 35.4 Å². The van der Waals surface area contributed by atoms with Gasteiger partial charge in [0.25, 0.3) is 0 Å². The molecule has 0 saturated carbocycles. The van der Waals surface area contributed by atoms with Crippen LogP contribution in [0.5, 0.6) is 0 Å². The van der Waals surface area contributed by atoms with Crippen molar-refractivity contribution in [1.82, 2.24) is 10.2 Å². The molecule has 1 atom stereocenters. The molecule has 1 saturated heterocycles. The van der Waals surface area contributed by atoms with Gasteiger partial charge in [-0.05, 0) is 44.0 Å². The zero-order chi connectivity index (χ0) is 14.4. The second-order valence-electron chi connectivity index (χ2n) is 5.61. The summed E-state index contributed by atoms with van der Waals surface area (Å²) in [4.78, 5) is 14.1. The van der Waals surface area contributed by atoms with Crippen molar-refractivity contribution >= 4 is 5.91 Å². The highest BCUT2D eigenvalue weighted by molar-refractivity contribution is 5.80. The van der Waals surface area contributed by atoms with Gasteiger partial charge in [0.1, 0.15) is 0 Å². The molecule has 1 heterocycles. The average Bonchev–Trinajstić information content (AvgIpc) is 2.47. The summed E-state index contributed by atoms with van der Waals surface area (Å²) < 4.78 is 0. The molecule has 0 unspecified atom stereocenters. The molecule has 1 aliphatic heterocycles. The fourth-order valence-corrected chi connectivity index (χ4v) is 2.59. The lowest BCUT2D eigenvalue weighted by Crippen LogP contribution is -2.38. The highest BCUT2D eigenvalue weighted by Crippen LogP contribution is 2.16. The van der Waals surface area contributed by atoms with Crippen LogP contribution in [0.2, 0.25) is 0 Å². The zero-order valence-electron chi connectivity index (χ0n) is 12.3. The van der Waals surface area contributed by atoms with Gasteiger partial charge in [0.2, 0.25) is 5.91 Å². The minimum Gasteiger partial charge on any atom is -0.351 e. The summed E-state index contributed by atoms with van der Waals surface area (Å²) >= 11 is 0. The Bertz CT molecular complexity index is 439. The molecule has 1 aromatic rings. The van der Waals surface area contributed by atoms with Gasteiger partial charge in [-0.25, -0.2) is 0 Å².